The zero-order valence-electron chi connectivity index (χ0n) is 13.4. The first-order chi connectivity index (χ1) is 11.7. The Bertz CT molecular complexity index is 831. The molecule has 0 N–H and O–H groups in total. The van der Waals surface area contributed by atoms with E-state index in [-0.39, 0.29) is 5.69 Å². The Balaban J connectivity index is 1.76. The minimum Gasteiger partial charge on any atom is -0.497 e. The number of carbonyl (C=O) groups excluding carboxylic acids is 1. The summed E-state index contributed by atoms with van der Waals surface area (Å²) >= 11 is 0. The molecule has 3 rings (SSSR count). The molecule has 0 saturated carbocycles. The van der Waals surface area contributed by atoms with Gasteiger partial charge in [-0.3, -0.25) is 4.57 Å². The Labute approximate surface area is 139 Å². The van der Waals surface area contributed by atoms with E-state index in [0.717, 1.165) is 11.3 Å². The Morgan fingerprint density at radius 2 is 2.04 bits per heavy atom. The summed E-state index contributed by atoms with van der Waals surface area (Å²) in [6.45, 7) is 1.81. The summed E-state index contributed by atoms with van der Waals surface area (Å²) in [6.07, 6.45) is 4.62. The molecule has 0 radical (unpaired) electrons. The lowest BCUT2D eigenvalue weighted by Gasteiger charge is -2.14. The van der Waals surface area contributed by atoms with Gasteiger partial charge in [-0.25, -0.2) is 14.8 Å². The first kappa shape index (κ1) is 15.7. The van der Waals surface area contributed by atoms with Gasteiger partial charge in [-0.05, 0) is 36.8 Å². The van der Waals surface area contributed by atoms with Gasteiger partial charge in [-0.1, -0.05) is 18.2 Å². The number of hydrogen-bond donors (Lipinski definition) is 0. The molecule has 0 amide bonds. The standard InChI is InChI=1S/C18H17N3O3/c1-13(14-5-3-6-15(11-14)23-2)24-18(22)16-7-4-8-17(20-16)21-10-9-19-12-21/h3-13H,1-2H3/t13-/m0/s1. The van der Waals surface area contributed by atoms with Crippen LogP contribution in [0, 0.1) is 0 Å². The van der Waals surface area contributed by atoms with Crippen molar-refractivity contribution < 1.29 is 14.3 Å². The summed E-state index contributed by atoms with van der Waals surface area (Å²) in [5.41, 5.74) is 1.10. The van der Waals surface area contributed by atoms with Gasteiger partial charge in [0.05, 0.1) is 7.11 Å². The summed E-state index contributed by atoms with van der Waals surface area (Å²) in [4.78, 5) is 20.7. The fraction of sp³-hybridized carbons (Fsp3) is 0.167. The smallest absolute Gasteiger partial charge is 0.357 e. The van der Waals surface area contributed by atoms with E-state index in [0.29, 0.717) is 5.82 Å². The van der Waals surface area contributed by atoms with E-state index >= 15 is 0 Å². The quantitative estimate of drug-likeness (QED) is 0.675. The van der Waals surface area contributed by atoms with Crippen molar-refractivity contribution in [3.8, 4) is 11.6 Å². The molecule has 1 aromatic carbocycles. The molecule has 6 heteroatoms. The van der Waals surface area contributed by atoms with Gasteiger partial charge in [0.15, 0.2) is 5.69 Å². The number of esters is 1. The Hall–Kier alpha value is -3.15. The van der Waals surface area contributed by atoms with Crippen LogP contribution in [0.5, 0.6) is 5.75 Å². The maximum absolute atomic E-state index is 12.4. The van der Waals surface area contributed by atoms with E-state index in [1.54, 1.807) is 48.6 Å². The largest absolute Gasteiger partial charge is 0.497 e. The van der Waals surface area contributed by atoms with Crippen LogP contribution in [0.15, 0.2) is 61.2 Å². The van der Waals surface area contributed by atoms with Gasteiger partial charge >= 0.3 is 5.97 Å². The van der Waals surface area contributed by atoms with E-state index in [9.17, 15) is 4.79 Å². The predicted octanol–water partition coefficient (Wildman–Crippen LogP) is 3.19. The molecule has 0 bridgehead atoms. The van der Waals surface area contributed by atoms with E-state index < -0.39 is 12.1 Å². The third kappa shape index (κ3) is 3.43. The fourth-order valence-electron chi connectivity index (χ4n) is 2.26. The second kappa shape index (κ2) is 6.95. The molecule has 0 spiro atoms. The van der Waals surface area contributed by atoms with Gasteiger partial charge in [0.25, 0.3) is 0 Å². The van der Waals surface area contributed by atoms with Crippen LogP contribution in [-0.4, -0.2) is 27.6 Å². The zero-order valence-corrected chi connectivity index (χ0v) is 13.4. The molecule has 0 aliphatic heterocycles. The number of rotatable bonds is 5. The zero-order chi connectivity index (χ0) is 16.9. The Morgan fingerprint density at radius 1 is 1.21 bits per heavy atom. The second-order valence-corrected chi connectivity index (χ2v) is 5.18. The number of methoxy groups -OCH3 is 1. The highest BCUT2D eigenvalue weighted by Crippen LogP contribution is 2.22. The number of ether oxygens (including phenoxy) is 2. The van der Waals surface area contributed by atoms with E-state index in [4.69, 9.17) is 9.47 Å². The summed E-state index contributed by atoms with van der Waals surface area (Å²) in [5.74, 6) is 0.846. The van der Waals surface area contributed by atoms with Crippen LogP contribution in [0.25, 0.3) is 5.82 Å². The van der Waals surface area contributed by atoms with E-state index in [1.165, 1.54) is 0 Å². The first-order valence-electron chi connectivity index (χ1n) is 7.47. The summed E-state index contributed by atoms with van der Waals surface area (Å²) < 4.78 is 12.4. The van der Waals surface area contributed by atoms with Crippen molar-refractivity contribution in [3.05, 3.63) is 72.4 Å². The van der Waals surface area contributed by atoms with E-state index in [1.807, 2.05) is 31.2 Å². The number of imidazole rings is 1. The third-order valence-electron chi connectivity index (χ3n) is 3.56. The van der Waals surface area contributed by atoms with Gasteiger partial charge in [0.2, 0.25) is 0 Å². The van der Waals surface area contributed by atoms with Gasteiger partial charge < -0.3 is 9.47 Å². The molecule has 0 fully saturated rings. The normalized spacial score (nSPS) is 11.8. The highest BCUT2D eigenvalue weighted by atomic mass is 16.5. The number of nitrogens with zero attached hydrogens (tertiary/aromatic N) is 3. The Morgan fingerprint density at radius 3 is 2.79 bits per heavy atom. The first-order valence-corrected chi connectivity index (χ1v) is 7.47. The van der Waals surface area contributed by atoms with Crippen molar-refractivity contribution in [2.45, 2.75) is 13.0 Å². The van der Waals surface area contributed by atoms with Gasteiger partial charge in [0.1, 0.15) is 24.0 Å². The average Bonchev–Trinajstić information content (AvgIpc) is 3.16. The van der Waals surface area contributed by atoms with Crippen molar-refractivity contribution in [1.29, 1.82) is 0 Å². The lowest BCUT2D eigenvalue weighted by atomic mass is 10.1. The van der Waals surface area contributed by atoms with Crippen molar-refractivity contribution >= 4 is 5.97 Å². The molecular formula is C18H17N3O3. The number of carbonyl (C=O) groups is 1. The van der Waals surface area contributed by atoms with Crippen molar-refractivity contribution in [3.63, 3.8) is 0 Å². The molecule has 0 aliphatic rings. The fourth-order valence-corrected chi connectivity index (χ4v) is 2.26. The van der Waals surface area contributed by atoms with Crippen molar-refractivity contribution in [2.75, 3.05) is 7.11 Å². The third-order valence-corrected chi connectivity index (χ3v) is 3.56. The van der Waals surface area contributed by atoms with Gasteiger partial charge in [0, 0.05) is 12.4 Å². The molecule has 3 aromatic rings. The Kier molecular flexibility index (Phi) is 4.56. The number of aromatic nitrogens is 3. The minimum atomic E-state index is -0.479. The number of pyridine rings is 1. The maximum atomic E-state index is 12.4. The lowest BCUT2D eigenvalue weighted by molar-refractivity contribution is 0.0330. The van der Waals surface area contributed by atoms with Crippen molar-refractivity contribution in [1.82, 2.24) is 14.5 Å². The van der Waals surface area contributed by atoms with Crippen molar-refractivity contribution in [2.24, 2.45) is 0 Å². The second-order valence-electron chi connectivity index (χ2n) is 5.18. The molecule has 0 aliphatic carbocycles. The molecule has 1 atom stereocenters. The van der Waals surface area contributed by atoms with Crippen LogP contribution < -0.4 is 4.74 Å². The molecule has 122 valence electrons. The summed E-state index contributed by atoms with van der Waals surface area (Å²) in [5, 5.41) is 0. The molecule has 24 heavy (non-hydrogen) atoms. The van der Waals surface area contributed by atoms with Crippen LogP contribution in [0.1, 0.15) is 29.1 Å². The summed E-state index contributed by atoms with van der Waals surface area (Å²) in [7, 11) is 1.60. The monoisotopic (exact) mass is 323 g/mol. The van der Waals surface area contributed by atoms with Crippen LogP contribution in [0.3, 0.4) is 0 Å². The molecule has 0 saturated heterocycles. The topological polar surface area (TPSA) is 66.2 Å². The predicted molar refractivity (Wildman–Crippen MR) is 88.2 cm³/mol. The maximum Gasteiger partial charge on any atom is 0.357 e. The van der Waals surface area contributed by atoms with E-state index in [2.05, 4.69) is 9.97 Å². The number of hydrogen-bond acceptors (Lipinski definition) is 5. The van der Waals surface area contributed by atoms with Gasteiger partial charge in [-0.2, -0.15) is 0 Å². The minimum absolute atomic E-state index is 0.246. The van der Waals surface area contributed by atoms with Gasteiger partial charge in [-0.15, -0.1) is 0 Å². The summed E-state index contributed by atoms with van der Waals surface area (Å²) in [6, 6.07) is 12.6. The molecule has 0 unspecified atom stereocenters. The number of benzene rings is 1. The lowest BCUT2D eigenvalue weighted by Crippen LogP contribution is -2.12. The molecular weight excluding hydrogens is 306 g/mol. The molecule has 6 nitrogen and oxygen atoms in total. The SMILES string of the molecule is COc1cccc([C@H](C)OC(=O)c2cccc(-n3ccnc3)n2)c1. The highest BCUT2D eigenvalue weighted by molar-refractivity contribution is 5.87. The van der Waals surface area contributed by atoms with Crippen LogP contribution in [0.4, 0.5) is 0 Å². The highest BCUT2D eigenvalue weighted by Gasteiger charge is 2.16. The molecule has 2 aromatic heterocycles. The van der Waals surface area contributed by atoms with Crippen LogP contribution in [-0.2, 0) is 4.74 Å². The average molecular weight is 323 g/mol. The van der Waals surface area contributed by atoms with Crippen LogP contribution in [0.2, 0.25) is 0 Å². The van der Waals surface area contributed by atoms with Crippen LogP contribution >= 0.6 is 0 Å². The molecule has 2 heterocycles.